The summed E-state index contributed by atoms with van der Waals surface area (Å²) < 4.78 is 21.2. The minimum atomic E-state index is -0.621. The van der Waals surface area contributed by atoms with E-state index in [-0.39, 0.29) is 0 Å². The summed E-state index contributed by atoms with van der Waals surface area (Å²) in [5.74, 6) is 1.98. The molecule has 1 heterocycles. The van der Waals surface area contributed by atoms with Gasteiger partial charge in [-0.25, -0.2) is 0 Å². The molecule has 3 aromatic carbocycles. The molecule has 1 atom stereocenters. The zero-order valence-electron chi connectivity index (χ0n) is 22.0. The fourth-order valence-electron chi connectivity index (χ4n) is 3.88. The largest absolute Gasteiger partial charge is 0.495 e. The monoisotopic (exact) mass is 518 g/mol. The molecule has 0 radical (unpaired) electrons. The smallest absolute Gasteiger partial charge is 0.234 e. The van der Waals surface area contributed by atoms with E-state index < -0.39 is 11.9 Å². The number of methoxy groups -OCH3 is 4. The van der Waals surface area contributed by atoms with Crippen molar-refractivity contribution in [2.45, 2.75) is 12.5 Å². The van der Waals surface area contributed by atoms with Gasteiger partial charge in [0, 0.05) is 17.1 Å². The van der Waals surface area contributed by atoms with E-state index in [4.69, 9.17) is 36.1 Å². The van der Waals surface area contributed by atoms with Crippen molar-refractivity contribution in [1.29, 1.82) is 0 Å². The fourth-order valence-corrected chi connectivity index (χ4v) is 3.88. The topological polar surface area (TPSA) is 148 Å². The minimum Gasteiger partial charge on any atom is -0.495 e. The third-order valence-corrected chi connectivity index (χ3v) is 5.89. The number of hydrogen-bond donors (Lipinski definition) is 4. The summed E-state index contributed by atoms with van der Waals surface area (Å²) in [6, 6.07) is 16.6. The van der Waals surface area contributed by atoms with Crippen LogP contribution in [0.25, 0.3) is 23.1 Å². The highest BCUT2D eigenvalue weighted by Crippen LogP contribution is 2.38. The lowest BCUT2D eigenvalue weighted by molar-refractivity contribution is -0.119. The van der Waals surface area contributed by atoms with Crippen LogP contribution >= 0.6 is 0 Å². The maximum Gasteiger partial charge on any atom is 0.234 e. The van der Waals surface area contributed by atoms with Crippen molar-refractivity contribution in [3.05, 3.63) is 77.5 Å². The Bertz CT molecular complexity index is 1390. The predicted octanol–water partition coefficient (Wildman–Crippen LogP) is 4.00. The summed E-state index contributed by atoms with van der Waals surface area (Å²) in [4.78, 5) is 14.0. The molecule has 38 heavy (non-hydrogen) atoms. The number of para-hydroxylation sites is 1. The first-order chi connectivity index (χ1) is 18.3. The first kappa shape index (κ1) is 27.9. The number of nitrogen functional groups attached to an aromatic ring is 1. The molecule has 0 aliphatic rings. The molecule has 9 heteroatoms. The minimum absolute atomic E-state index is 0.472. The lowest BCUT2D eigenvalue weighted by atomic mass is 10.1. The molecule has 9 nitrogen and oxygen atoms in total. The van der Waals surface area contributed by atoms with Gasteiger partial charge in [-0.15, -0.1) is 0 Å². The van der Waals surface area contributed by atoms with Crippen molar-refractivity contribution in [3.63, 3.8) is 0 Å². The van der Waals surface area contributed by atoms with Crippen molar-refractivity contribution >= 4 is 34.6 Å². The number of nitrogens with one attached hydrogen (secondary N) is 1. The van der Waals surface area contributed by atoms with Crippen LogP contribution in [0, 0.1) is 0 Å². The van der Waals surface area contributed by atoms with Gasteiger partial charge in [0.05, 0.1) is 40.2 Å². The van der Waals surface area contributed by atoms with Crippen molar-refractivity contribution < 1.29 is 23.7 Å². The molecule has 200 valence electrons. The number of fused-ring (bicyclic) bond motifs is 1. The van der Waals surface area contributed by atoms with Crippen LogP contribution in [0.1, 0.15) is 16.7 Å². The van der Waals surface area contributed by atoms with E-state index in [1.165, 1.54) is 0 Å². The zero-order valence-corrected chi connectivity index (χ0v) is 22.0. The van der Waals surface area contributed by atoms with Gasteiger partial charge in [0.2, 0.25) is 11.7 Å². The quantitative estimate of drug-likeness (QED) is 0.193. The Balaban J connectivity index is 0.000000230. The van der Waals surface area contributed by atoms with Gasteiger partial charge in [-0.05, 0) is 53.4 Å². The van der Waals surface area contributed by atoms with Crippen molar-refractivity contribution in [1.82, 2.24) is 4.98 Å². The van der Waals surface area contributed by atoms with E-state index in [1.807, 2.05) is 72.9 Å². The number of carbonyl (C=O) groups is 1. The first-order valence-corrected chi connectivity index (χ1v) is 11.8. The van der Waals surface area contributed by atoms with Crippen molar-refractivity contribution in [2.75, 3.05) is 34.2 Å². The number of carbonyl (C=O) groups excluding carboxylic acids is 1. The molecule has 0 aliphatic heterocycles. The van der Waals surface area contributed by atoms with E-state index in [0.717, 1.165) is 27.6 Å². The Morgan fingerprint density at radius 2 is 1.50 bits per heavy atom. The van der Waals surface area contributed by atoms with E-state index in [1.54, 1.807) is 28.4 Å². The second-order valence-corrected chi connectivity index (χ2v) is 8.37. The molecule has 4 rings (SSSR count). The van der Waals surface area contributed by atoms with Crippen LogP contribution < -0.4 is 36.1 Å². The van der Waals surface area contributed by atoms with Gasteiger partial charge < -0.3 is 41.1 Å². The van der Waals surface area contributed by atoms with E-state index >= 15 is 0 Å². The number of aromatic nitrogens is 1. The highest BCUT2D eigenvalue weighted by molar-refractivity contribution is 5.85. The van der Waals surface area contributed by atoms with E-state index in [9.17, 15) is 4.79 Å². The van der Waals surface area contributed by atoms with Gasteiger partial charge in [0.15, 0.2) is 11.5 Å². The molecule has 7 N–H and O–H groups in total. The Hall–Kier alpha value is -4.63. The normalized spacial score (nSPS) is 11.5. The van der Waals surface area contributed by atoms with Crippen LogP contribution in [-0.4, -0.2) is 45.4 Å². The number of primary amides is 1. The Labute approximate surface area is 222 Å². The zero-order chi connectivity index (χ0) is 27.7. The maximum absolute atomic E-state index is 10.8. The maximum atomic E-state index is 10.8. The molecule has 0 bridgehead atoms. The van der Waals surface area contributed by atoms with Gasteiger partial charge in [-0.2, -0.15) is 0 Å². The highest BCUT2D eigenvalue weighted by atomic mass is 16.5. The van der Waals surface area contributed by atoms with Crippen LogP contribution in [0.5, 0.6) is 23.0 Å². The second kappa shape index (κ2) is 13.1. The number of ether oxygens (including phenoxy) is 4. The van der Waals surface area contributed by atoms with E-state index in [2.05, 4.69) is 4.98 Å². The summed E-state index contributed by atoms with van der Waals surface area (Å²) in [6.07, 6.45) is 6.25. The molecule has 0 aliphatic carbocycles. The van der Waals surface area contributed by atoms with Gasteiger partial charge in [0.25, 0.3) is 0 Å². The first-order valence-electron chi connectivity index (χ1n) is 11.8. The number of amides is 1. The molecule has 0 saturated heterocycles. The molecular formula is C29H34N4O5. The summed E-state index contributed by atoms with van der Waals surface area (Å²) in [5, 5.41) is 1.09. The van der Waals surface area contributed by atoms with Crippen LogP contribution in [0.2, 0.25) is 0 Å². The number of aromatic amines is 1. The number of H-pyrrole nitrogens is 1. The average Bonchev–Trinajstić information content (AvgIpc) is 3.34. The third-order valence-electron chi connectivity index (χ3n) is 5.89. The molecule has 1 amide bonds. The second-order valence-electron chi connectivity index (χ2n) is 8.37. The average molecular weight is 519 g/mol. The van der Waals surface area contributed by atoms with Gasteiger partial charge in [-0.3, -0.25) is 4.79 Å². The summed E-state index contributed by atoms with van der Waals surface area (Å²) in [7, 11) is 6.36. The van der Waals surface area contributed by atoms with Gasteiger partial charge in [0.1, 0.15) is 5.75 Å². The SMILES string of the molecule is COc1ccc(/C=C\c2cc(OC)c(OC)c(OC)c2)cc1N.NC(=O)[C@@H](N)Cc1c[nH]c2ccccc12. The van der Waals surface area contributed by atoms with Crippen LogP contribution in [0.3, 0.4) is 0 Å². The lowest BCUT2D eigenvalue weighted by Crippen LogP contribution is -2.38. The van der Waals surface area contributed by atoms with E-state index in [0.29, 0.717) is 35.1 Å². The molecule has 0 fully saturated rings. The number of rotatable bonds is 9. The van der Waals surface area contributed by atoms with Crippen LogP contribution in [0.15, 0.2) is 60.8 Å². The molecule has 0 saturated carbocycles. The molecule has 1 aromatic heterocycles. The lowest BCUT2D eigenvalue weighted by Gasteiger charge is -2.12. The fraction of sp³-hybridized carbons (Fsp3) is 0.207. The van der Waals surface area contributed by atoms with Crippen molar-refractivity contribution in [3.8, 4) is 23.0 Å². The van der Waals surface area contributed by atoms with Crippen LogP contribution in [-0.2, 0) is 11.2 Å². The third kappa shape index (κ3) is 6.77. The van der Waals surface area contributed by atoms with Gasteiger partial charge >= 0.3 is 0 Å². The standard InChI is InChI=1S/C18H21NO4.C11H13N3O/c1-20-15-8-7-12(9-14(15)19)5-6-13-10-16(21-2)18(23-4)17(11-13)22-3;12-9(11(13)15)5-7-6-14-10-4-2-1-3-8(7)10/h5-11H,19H2,1-4H3;1-4,6,9,14H,5,12H2,(H2,13,15)/b6-5-;/t;9-/m.0/s1. The Kier molecular flexibility index (Phi) is 9.61. The predicted molar refractivity (Wildman–Crippen MR) is 152 cm³/mol. The van der Waals surface area contributed by atoms with Gasteiger partial charge in [-0.1, -0.05) is 36.4 Å². The molecular weight excluding hydrogens is 484 g/mol. The number of benzene rings is 3. The number of nitrogens with two attached hydrogens (primary N) is 3. The Morgan fingerprint density at radius 1 is 0.868 bits per heavy atom. The van der Waals surface area contributed by atoms with Crippen molar-refractivity contribution in [2.24, 2.45) is 11.5 Å². The summed E-state index contributed by atoms with van der Waals surface area (Å²) >= 11 is 0. The molecule has 4 aromatic rings. The van der Waals surface area contributed by atoms with Crippen LogP contribution in [0.4, 0.5) is 5.69 Å². The highest BCUT2D eigenvalue weighted by Gasteiger charge is 2.13. The summed E-state index contributed by atoms with van der Waals surface area (Å²) in [6.45, 7) is 0. The number of anilines is 1. The molecule has 0 unspecified atom stereocenters. The Morgan fingerprint density at radius 3 is 2.08 bits per heavy atom. The summed E-state index contributed by atoms with van der Waals surface area (Å²) in [5.41, 5.74) is 21.2. The number of hydrogen-bond acceptors (Lipinski definition) is 7. The molecule has 0 spiro atoms.